The number of rotatable bonds is 56. The number of quaternary nitrogens is 4. The van der Waals surface area contributed by atoms with Crippen LogP contribution in [0.25, 0.3) is 89.7 Å². The van der Waals surface area contributed by atoms with Gasteiger partial charge in [0.05, 0.1) is 219 Å². The van der Waals surface area contributed by atoms with E-state index in [-0.39, 0.29) is 99.8 Å². The summed E-state index contributed by atoms with van der Waals surface area (Å²) in [6, 6.07) is 0. The number of hydrogen-bond donors (Lipinski definition) is 0. The zero-order chi connectivity index (χ0) is 95.9. The summed E-state index contributed by atoms with van der Waals surface area (Å²) in [5, 5.41) is 3.54. The van der Waals surface area contributed by atoms with E-state index in [1.807, 2.05) is 0 Å². The first-order valence-corrected chi connectivity index (χ1v) is 54.1. The molecule has 0 amide bonds. The van der Waals surface area contributed by atoms with Gasteiger partial charge in [0.25, 0.3) is 0 Å². The van der Waals surface area contributed by atoms with Crippen molar-refractivity contribution >= 4 is 138 Å². The molecule has 0 unspecified atom stereocenters. The van der Waals surface area contributed by atoms with Crippen molar-refractivity contribution in [2.45, 2.75) is 237 Å². The Morgan fingerprint density at radius 1 is 0.300 bits per heavy atom. The number of aromatic nitrogens is 8. The van der Waals surface area contributed by atoms with Crippen LogP contribution >= 0.6 is 93.5 Å². The van der Waals surface area contributed by atoms with Crippen LogP contribution in [0.3, 0.4) is 0 Å². The van der Waals surface area contributed by atoms with Gasteiger partial charge in [-0.15, -0.1) is 47.0 Å². The average Bonchev–Trinajstić information content (AvgIpc) is 1.55. The normalized spacial score (nSPS) is 12.7. The Morgan fingerprint density at radius 2 is 0.523 bits per heavy atom. The number of halogens is 4. The van der Waals surface area contributed by atoms with Gasteiger partial charge in [0.1, 0.15) is 55.3 Å². The summed E-state index contributed by atoms with van der Waals surface area (Å²) in [7, 11) is 9.24. The predicted octanol–water partition coefficient (Wildman–Crippen LogP) is 26.1. The summed E-state index contributed by atoms with van der Waals surface area (Å²) in [5.74, 6) is 8.78. The summed E-state index contributed by atoms with van der Waals surface area (Å²) in [6.45, 7) is 67.0. The van der Waals surface area contributed by atoms with Gasteiger partial charge in [0.15, 0.2) is 0 Å². The first-order chi connectivity index (χ1) is 61.8. The fourth-order valence-corrected chi connectivity index (χ4v) is 21.4. The van der Waals surface area contributed by atoms with Gasteiger partial charge in [-0.05, 0) is 148 Å². The SMILES string of the molecule is CC[N+](C)(CC)CCSc1c(Cl)c(OCCC(C)C)c2c(c1COCC(C)C)-c1nc-2nc2[n-]c(nc3nc(nc4[n-]c(n1)c1c(OCCC(C)C)c(Cl)c(SCC[N+](C)(CC)CC)c(OCCC(C)C)c41)-c1c(OCCC(C)C)c(Cl)c(SCC[N+](C)(CC)CC)c(OCCC(C)C)c1-3)c1c(OCCC(C)C)c(Cl)c(SCC[N+](C)(CC)CC)c(OCCC(C)C)c21.[O]=[V+2]. The van der Waals surface area contributed by atoms with Crippen LogP contribution in [0, 0.1) is 47.3 Å². The first kappa shape index (κ1) is 111. The molecule has 30 heteroatoms. The van der Waals surface area contributed by atoms with Crippen LogP contribution in [0.1, 0.15) is 217 Å². The average molecular weight is 1990 g/mol. The van der Waals surface area contributed by atoms with Gasteiger partial charge < -0.3 is 85.7 Å². The minimum absolute atomic E-state index is 0.123. The van der Waals surface area contributed by atoms with Crippen LogP contribution < -0.4 is 43.1 Å². The monoisotopic (exact) mass is 1990 g/mol. The standard InChI is InChI=1S/C100H156Cl4N12O8S4.O.V/c1-29-113(25,30-2)44-55-125-89-69(60-117-59-68(23)24)70-71(82(78(89)101)118-48-37-61(9)10)94-105-93(70)106-95-72-75(86(122-52-41-65(17)18)90(126-56-45-114(26,31-3)32-4)79(102)83(72)119-49-38-62(11)12)99(108-95)110-97-74-77(88(124-54-43-67(21)22)92(128-58-47-116(28,35-7)36-8)81(104)85(74)121-51-40-64(15)16)100(112-97)111-96-73-76(98(107-94)109-96)87(123-53-42-66(19)20)91(127-57-46-115(27,33-5)34-6)80(103)84(73)120-50-39-63(13)14;;/h61-68H,29-60H2,1-28H3;;/q+2;;+2. The molecule has 0 aliphatic carbocycles. The second kappa shape index (κ2) is 51.8. The number of fused-ring (bicyclic) bond motifs is 20. The van der Waals surface area contributed by atoms with Crippen molar-refractivity contribution in [1.29, 1.82) is 0 Å². The van der Waals surface area contributed by atoms with Crippen molar-refractivity contribution in [3.05, 3.63) is 25.7 Å². The van der Waals surface area contributed by atoms with Crippen LogP contribution in [0.15, 0.2) is 19.6 Å². The number of benzene rings is 4. The van der Waals surface area contributed by atoms with Gasteiger partial charge in [-0.1, -0.05) is 157 Å². The summed E-state index contributed by atoms with van der Waals surface area (Å²) in [5.41, 5.74) is 3.72. The van der Waals surface area contributed by atoms with Crippen LogP contribution in [0.2, 0.25) is 20.1 Å². The number of nitrogens with zero attached hydrogens (tertiary/aromatic N) is 12. The molecule has 130 heavy (non-hydrogen) atoms. The molecular weight excluding hydrogens is 1830 g/mol. The van der Waals surface area contributed by atoms with E-state index in [1.165, 1.54) is 0 Å². The Kier molecular flexibility index (Phi) is 44.2. The quantitative estimate of drug-likeness (QED) is 0.0257. The molecule has 4 aromatic carbocycles. The molecule has 8 bridgehead atoms. The molecule has 9 rings (SSSR count). The molecule has 5 heterocycles. The van der Waals surface area contributed by atoms with E-state index >= 15 is 0 Å². The molecule has 0 spiro atoms. The Morgan fingerprint density at radius 3 is 0.808 bits per heavy atom. The van der Waals surface area contributed by atoms with Crippen LogP contribution in [0.4, 0.5) is 0 Å². The first-order valence-electron chi connectivity index (χ1n) is 48.1. The molecular formula is C100H156Cl4N12O9S4V+4. The van der Waals surface area contributed by atoms with Crippen molar-refractivity contribution in [2.24, 2.45) is 47.3 Å². The van der Waals surface area contributed by atoms with E-state index < -0.39 is 0 Å². The van der Waals surface area contributed by atoms with Crippen LogP contribution in [-0.2, 0) is 32.4 Å². The minimum atomic E-state index is 0.123. The summed E-state index contributed by atoms with van der Waals surface area (Å²) < 4.78 is 70.5. The van der Waals surface area contributed by atoms with Crippen LogP contribution in [0.5, 0.6) is 40.2 Å². The zero-order valence-electron chi connectivity index (χ0n) is 83.9. The maximum atomic E-state index is 8.34. The molecule has 7 aromatic rings. The second-order valence-corrected chi connectivity index (χ2v) is 45.2. The molecule has 0 fully saturated rings. The molecule has 2 aliphatic rings. The number of thioether (sulfide) groups is 4. The Hall–Kier alpha value is -4.42. The third kappa shape index (κ3) is 28.4. The summed E-state index contributed by atoms with van der Waals surface area (Å²) in [6.07, 6.45) is 5.00. The van der Waals surface area contributed by atoms with E-state index in [2.05, 4.69) is 194 Å². The topological polar surface area (TPSA) is 196 Å². The Bertz CT molecular complexity index is 4730. The molecule has 723 valence electrons. The molecule has 0 N–H and O–H groups in total. The van der Waals surface area contributed by atoms with E-state index in [1.54, 1.807) is 47.0 Å². The molecule has 21 nitrogen and oxygen atoms in total. The molecule has 3 aromatic heterocycles. The second-order valence-electron chi connectivity index (χ2n) is 39.3. The van der Waals surface area contributed by atoms with Gasteiger partial charge in [-0.3, -0.25) is 0 Å². The maximum absolute atomic E-state index is 8.34. The van der Waals surface area contributed by atoms with E-state index in [4.69, 9.17) is 128 Å². The van der Waals surface area contributed by atoms with E-state index in [0.29, 0.717) is 220 Å². The van der Waals surface area contributed by atoms with Gasteiger partial charge in [-0.25, -0.2) is 9.97 Å². The van der Waals surface area contributed by atoms with E-state index in [0.717, 1.165) is 144 Å². The van der Waals surface area contributed by atoms with E-state index in [9.17, 15) is 0 Å². The number of ether oxygens (including phenoxy) is 8. The molecule has 0 radical (unpaired) electrons. The van der Waals surface area contributed by atoms with Crippen molar-refractivity contribution < 1.29 is 76.9 Å². The molecule has 0 saturated carbocycles. The Balaban J connectivity index is 0.0000104. The van der Waals surface area contributed by atoms with Crippen molar-refractivity contribution in [3.8, 4) is 85.8 Å². The molecule has 0 saturated heterocycles. The van der Waals surface area contributed by atoms with Crippen LogP contribution in [-0.4, -0.2) is 230 Å². The van der Waals surface area contributed by atoms with Gasteiger partial charge in [0.2, 0.25) is 0 Å². The Labute approximate surface area is 826 Å². The summed E-state index contributed by atoms with van der Waals surface area (Å²) in [4.78, 5) is 50.3. The summed E-state index contributed by atoms with van der Waals surface area (Å²) >= 11 is 41.0. The fraction of sp³-hybridized carbons (Fsp3) is 0.680. The zero-order valence-corrected chi connectivity index (χ0v) is 91.6. The van der Waals surface area contributed by atoms with Gasteiger partial charge >= 0.3 is 21.0 Å². The van der Waals surface area contributed by atoms with Crippen molar-refractivity contribution in [1.82, 2.24) is 39.9 Å². The number of hydrogen-bond acceptors (Lipinski definition) is 19. The van der Waals surface area contributed by atoms with Gasteiger partial charge in [0, 0.05) is 89.8 Å². The molecule has 0 atom stereocenters. The van der Waals surface area contributed by atoms with Gasteiger partial charge in [-0.2, -0.15) is 0 Å². The third-order valence-electron chi connectivity index (χ3n) is 25.8. The molecule has 2 aliphatic heterocycles. The van der Waals surface area contributed by atoms with Crippen molar-refractivity contribution in [3.63, 3.8) is 0 Å². The predicted molar refractivity (Wildman–Crippen MR) is 545 cm³/mol. The fourth-order valence-electron chi connectivity index (χ4n) is 14.8. The van der Waals surface area contributed by atoms with Crippen molar-refractivity contribution in [2.75, 3.05) is 183 Å². The third-order valence-corrected chi connectivity index (χ3v) is 32.0.